The quantitative estimate of drug-likeness (QED) is 0.833. The summed E-state index contributed by atoms with van der Waals surface area (Å²) in [5.74, 6) is -0.489. The number of benzene rings is 1. The van der Waals surface area contributed by atoms with E-state index in [9.17, 15) is 18.0 Å². The van der Waals surface area contributed by atoms with Crippen LogP contribution in [0.3, 0.4) is 0 Å². The van der Waals surface area contributed by atoms with Crippen LogP contribution in [0.15, 0.2) is 22.7 Å². The summed E-state index contributed by atoms with van der Waals surface area (Å²) in [7, 11) is 0. The first-order valence-corrected chi connectivity index (χ1v) is 5.90. The van der Waals surface area contributed by atoms with Gasteiger partial charge in [-0.25, -0.2) is 0 Å². The average Bonchev–Trinajstić information content (AvgIpc) is 2.19. The number of hydrogen-bond donors (Lipinski definition) is 1. The summed E-state index contributed by atoms with van der Waals surface area (Å²) in [5, 5.41) is 2.18. The Hall–Kier alpha value is -0.750. The molecule has 17 heavy (non-hydrogen) atoms. The molecule has 7 heteroatoms. The molecule has 1 amide bonds. The molecule has 0 aromatic heterocycles. The van der Waals surface area contributed by atoms with Gasteiger partial charge in [0.25, 0.3) is 0 Å². The lowest BCUT2D eigenvalue weighted by molar-refractivity contribution is -0.137. The maximum atomic E-state index is 12.7. The average molecular weight is 331 g/mol. The molecule has 0 saturated carbocycles. The lowest BCUT2D eigenvalue weighted by atomic mass is 10.1. The van der Waals surface area contributed by atoms with Gasteiger partial charge in [0.1, 0.15) is 0 Å². The van der Waals surface area contributed by atoms with Gasteiger partial charge in [0.15, 0.2) is 0 Å². The zero-order chi connectivity index (χ0) is 13.1. The summed E-state index contributed by atoms with van der Waals surface area (Å²) in [6, 6.07) is 3.53. The fourth-order valence-electron chi connectivity index (χ4n) is 1.16. The van der Waals surface area contributed by atoms with E-state index in [1.807, 2.05) is 0 Å². The van der Waals surface area contributed by atoms with E-state index in [-0.39, 0.29) is 18.0 Å². The Morgan fingerprint density at radius 3 is 2.59 bits per heavy atom. The second-order valence-electron chi connectivity index (χ2n) is 3.17. The SMILES string of the molecule is O=C(CCCl)Nc1ccc(Br)cc1C(F)(F)F. The Morgan fingerprint density at radius 1 is 1.41 bits per heavy atom. The molecular weight excluding hydrogens is 322 g/mol. The van der Waals surface area contributed by atoms with Gasteiger partial charge in [0.2, 0.25) is 5.91 Å². The maximum absolute atomic E-state index is 12.7. The fraction of sp³-hybridized carbons (Fsp3) is 0.300. The number of alkyl halides is 4. The van der Waals surface area contributed by atoms with E-state index in [0.717, 1.165) is 6.07 Å². The smallest absolute Gasteiger partial charge is 0.325 e. The molecule has 0 fully saturated rings. The normalized spacial score (nSPS) is 11.4. The monoisotopic (exact) mass is 329 g/mol. The van der Waals surface area contributed by atoms with Crippen molar-refractivity contribution < 1.29 is 18.0 Å². The molecule has 1 N–H and O–H groups in total. The molecule has 0 bridgehead atoms. The largest absolute Gasteiger partial charge is 0.418 e. The van der Waals surface area contributed by atoms with E-state index >= 15 is 0 Å². The standard InChI is InChI=1S/C10H8BrClF3NO/c11-6-1-2-8(16-9(17)3-4-12)7(5-6)10(13,14)15/h1-2,5H,3-4H2,(H,16,17). The van der Waals surface area contributed by atoms with Crippen LogP contribution in [0.2, 0.25) is 0 Å². The third kappa shape index (κ3) is 4.20. The van der Waals surface area contributed by atoms with Crippen molar-refractivity contribution in [2.75, 3.05) is 11.2 Å². The van der Waals surface area contributed by atoms with Gasteiger partial charge in [-0.05, 0) is 18.2 Å². The number of halogens is 5. The van der Waals surface area contributed by atoms with Crippen LogP contribution in [0, 0.1) is 0 Å². The maximum Gasteiger partial charge on any atom is 0.418 e. The van der Waals surface area contributed by atoms with E-state index in [1.165, 1.54) is 12.1 Å². The van der Waals surface area contributed by atoms with Gasteiger partial charge in [-0.3, -0.25) is 4.79 Å². The predicted octanol–water partition coefficient (Wildman–Crippen LogP) is 4.04. The Morgan fingerprint density at radius 2 is 2.06 bits per heavy atom. The minimum Gasteiger partial charge on any atom is -0.325 e. The Bertz CT molecular complexity index is 423. The third-order valence-electron chi connectivity index (χ3n) is 1.88. The number of carbonyl (C=O) groups excluding carboxylic acids is 1. The minimum absolute atomic E-state index is 0.0328. The number of nitrogens with one attached hydrogen (secondary N) is 1. The van der Waals surface area contributed by atoms with Gasteiger partial charge in [-0.1, -0.05) is 15.9 Å². The molecule has 0 heterocycles. The van der Waals surface area contributed by atoms with E-state index < -0.39 is 17.6 Å². The first-order chi connectivity index (χ1) is 7.84. The summed E-state index contributed by atoms with van der Waals surface area (Å²) in [4.78, 5) is 11.2. The summed E-state index contributed by atoms with van der Waals surface area (Å²) >= 11 is 8.28. The highest BCUT2D eigenvalue weighted by Crippen LogP contribution is 2.36. The summed E-state index contributed by atoms with van der Waals surface area (Å²) in [6.45, 7) is 0. The van der Waals surface area contributed by atoms with Crippen LogP contribution >= 0.6 is 27.5 Å². The second-order valence-corrected chi connectivity index (χ2v) is 4.47. The summed E-state index contributed by atoms with van der Waals surface area (Å²) in [6.07, 6.45) is -4.55. The Balaban J connectivity index is 3.03. The van der Waals surface area contributed by atoms with Crippen LogP contribution < -0.4 is 5.32 Å². The Labute approximate surface area is 109 Å². The molecule has 0 atom stereocenters. The molecule has 0 aliphatic rings. The van der Waals surface area contributed by atoms with Gasteiger partial charge in [-0.2, -0.15) is 13.2 Å². The zero-order valence-corrected chi connectivity index (χ0v) is 10.8. The van der Waals surface area contributed by atoms with Crippen LogP contribution in [0.1, 0.15) is 12.0 Å². The first kappa shape index (κ1) is 14.3. The molecule has 0 radical (unpaired) electrons. The molecule has 0 aliphatic carbocycles. The molecule has 1 aromatic rings. The van der Waals surface area contributed by atoms with Gasteiger partial charge in [0.05, 0.1) is 11.3 Å². The molecule has 0 aliphatic heterocycles. The Kier molecular flexibility index (Phi) is 4.82. The highest BCUT2D eigenvalue weighted by molar-refractivity contribution is 9.10. The van der Waals surface area contributed by atoms with Gasteiger partial charge < -0.3 is 5.32 Å². The minimum atomic E-state index is -4.52. The van der Waals surface area contributed by atoms with E-state index in [0.29, 0.717) is 4.47 Å². The predicted molar refractivity (Wildman–Crippen MR) is 63.1 cm³/mol. The van der Waals surface area contributed by atoms with Crippen LogP contribution in [0.25, 0.3) is 0 Å². The van der Waals surface area contributed by atoms with Crippen molar-refractivity contribution in [2.24, 2.45) is 0 Å². The molecule has 0 spiro atoms. The van der Waals surface area contributed by atoms with E-state index in [1.54, 1.807) is 0 Å². The van der Waals surface area contributed by atoms with Crippen molar-refractivity contribution in [1.82, 2.24) is 0 Å². The second kappa shape index (κ2) is 5.73. The number of amides is 1. The van der Waals surface area contributed by atoms with Crippen LogP contribution in [-0.2, 0) is 11.0 Å². The lowest BCUT2D eigenvalue weighted by Gasteiger charge is -2.13. The molecule has 0 unspecified atom stereocenters. The zero-order valence-electron chi connectivity index (χ0n) is 8.44. The number of anilines is 1. The van der Waals surface area contributed by atoms with Crippen molar-refractivity contribution in [3.8, 4) is 0 Å². The van der Waals surface area contributed by atoms with Crippen molar-refractivity contribution in [1.29, 1.82) is 0 Å². The van der Waals surface area contributed by atoms with Crippen LogP contribution in [0.4, 0.5) is 18.9 Å². The third-order valence-corrected chi connectivity index (χ3v) is 2.56. The van der Waals surface area contributed by atoms with Gasteiger partial charge in [-0.15, -0.1) is 11.6 Å². The highest BCUT2D eigenvalue weighted by Gasteiger charge is 2.34. The molecule has 1 aromatic carbocycles. The van der Waals surface area contributed by atoms with Crippen molar-refractivity contribution in [3.63, 3.8) is 0 Å². The number of hydrogen-bond acceptors (Lipinski definition) is 1. The summed E-state index contributed by atoms with van der Waals surface area (Å²) < 4.78 is 38.3. The molecule has 94 valence electrons. The molecule has 2 nitrogen and oxygen atoms in total. The van der Waals surface area contributed by atoms with Crippen molar-refractivity contribution >= 4 is 39.1 Å². The highest BCUT2D eigenvalue weighted by atomic mass is 79.9. The number of rotatable bonds is 3. The fourth-order valence-corrected chi connectivity index (χ4v) is 1.69. The van der Waals surface area contributed by atoms with E-state index in [2.05, 4.69) is 21.2 Å². The molecule has 1 rings (SSSR count). The van der Waals surface area contributed by atoms with Gasteiger partial charge in [0, 0.05) is 16.8 Å². The van der Waals surface area contributed by atoms with Crippen molar-refractivity contribution in [3.05, 3.63) is 28.2 Å². The summed E-state index contributed by atoms with van der Waals surface area (Å²) in [5.41, 5.74) is -1.16. The van der Waals surface area contributed by atoms with Crippen LogP contribution in [0.5, 0.6) is 0 Å². The van der Waals surface area contributed by atoms with Gasteiger partial charge >= 0.3 is 6.18 Å². The molecule has 0 saturated heterocycles. The lowest BCUT2D eigenvalue weighted by Crippen LogP contribution is -2.16. The van der Waals surface area contributed by atoms with Crippen molar-refractivity contribution in [2.45, 2.75) is 12.6 Å². The molecular formula is C10H8BrClF3NO. The topological polar surface area (TPSA) is 29.1 Å². The number of carbonyl (C=O) groups is 1. The first-order valence-electron chi connectivity index (χ1n) is 4.57. The van der Waals surface area contributed by atoms with Crippen LogP contribution in [-0.4, -0.2) is 11.8 Å². The van der Waals surface area contributed by atoms with E-state index in [4.69, 9.17) is 11.6 Å².